The van der Waals surface area contributed by atoms with Crippen molar-refractivity contribution >= 4 is 5.91 Å². The quantitative estimate of drug-likeness (QED) is 0.335. The molecule has 5 rings (SSSR count). The van der Waals surface area contributed by atoms with E-state index < -0.39 is 0 Å². The van der Waals surface area contributed by atoms with Gasteiger partial charge in [0, 0.05) is 23.5 Å². The van der Waals surface area contributed by atoms with Gasteiger partial charge in [-0.2, -0.15) is 0 Å². The molecule has 0 saturated carbocycles. The number of ether oxygens (including phenoxy) is 1. The van der Waals surface area contributed by atoms with E-state index in [1.54, 1.807) is 0 Å². The summed E-state index contributed by atoms with van der Waals surface area (Å²) in [5.41, 5.74) is 8.08. The number of aromatic nitrogens is 1. The van der Waals surface area contributed by atoms with Gasteiger partial charge in [-0.3, -0.25) is 4.79 Å². The van der Waals surface area contributed by atoms with Gasteiger partial charge < -0.3 is 14.6 Å². The Bertz CT molecular complexity index is 1290. The fraction of sp³-hybridized carbons (Fsp3) is 0.258. The molecule has 4 nitrogen and oxygen atoms in total. The molecule has 3 aromatic carbocycles. The molecule has 1 aliphatic carbocycles. The van der Waals surface area contributed by atoms with Crippen LogP contribution in [0.1, 0.15) is 47.4 Å². The molecule has 1 N–H and O–H groups in total. The van der Waals surface area contributed by atoms with Crippen LogP contribution in [0.5, 0.6) is 5.75 Å². The number of nitrogens with one attached hydrogen (secondary N) is 1. The standard InChI is InChI=1S/C31H32N2O2/c1-3-35-28-16-10-23(11-17-28)21-32-31(34)25-12-14-27(15-13-25)33-29-18-9-22(2)19-26(29)20-30(33)24-7-5-4-6-8-24/h4-8,10-17,20,22H,3,9,18-19,21H2,1-2H3,(H,32,34)/t22-/m0/s1. The van der Waals surface area contributed by atoms with Gasteiger partial charge in [-0.1, -0.05) is 49.4 Å². The molecule has 4 heteroatoms. The Morgan fingerprint density at radius 1 is 1.00 bits per heavy atom. The van der Waals surface area contributed by atoms with Crippen molar-refractivity contribution in [2.75, 3.05) is 6.61 Å². The van der Waals surface area contributed by atoms with Crippen LogP contribution in [0.2, 0.25) is 0 Å². The lowest BCUT2D eigenvalue weighted by molar-refractivity contribution is 0.0951. The van der Waals surface area contributed by atoms with Gasteiger partial charge in [-0.25, -0.2) is 0 Å². The monoisotopic (exact) mass is 464 g/mol. The van der Waals surface area contributed by atoms with E-state index >= 15 is 0 Å². The first kappa shape index (κ1) is 23.0. The van der Waals surface area contributed by atoms with Crippen molar-refractivity contribution in [3.05, 3.63) is 107 Å². The lowest BCUT2D eigenvalue weighted by atomic mass is 9.89. The number of fused-ring (bicyclic) bond motifs is 1. The number of nitrogens with zero attached hydrogens (tertiary/aromatic N) is 1. The van der Waals surface area contributed by atoms with Gasteiger partial charge in [0.05, 0.1) is 12.3 Å². The SMILES string of the molecule is CCOc1ccc(CNC(=O)c2ccc(-n3c(-c4ccccc4)cc4c3CC[C@H](C)C4)cc2)cc1. The first-order valence-corrected chi connectivity index (χ1v) is 12.5. The highest BCUT2D eigenvalue weighted by Crippen LogP contribution is 2.35. The van der Waals surface area contributed by atoms with Gasteiger partial charge in [0.2, 0.25) is 0 Å². The van der Waals surface area contributed by atoms with Crippen molar-refractivity contribution in [1.82, 2.24) is 9.88 Å². The minimum absolute atomic E-state index is 0.0722. The average molecular weight is 465 g/mol. The number of amides is 1. The van der Waals surface area contributed by atoms with Crippen LogP contribution in [0.3, 0.4) is 0 Å². The molecule has 0 radical (unpaired) electrons. The molecule has 0 saturated heterocycles. The minimum atomic E-state index is -0.0722. The van der Waals surface area contributed by atoms with Crippen LogP contribution in [-0.4, -0.2) is 17.1 Å². The number of carbonyl (C=O) groups excluding carboxylic acids is 1. The van der Waals surface area contributed by atoms with Crippen molar-refractivity contribution in [3.8, 4) is 22.7 Å². The van der Waals surface area contributed by atoms with Crippen LogP contribution < -0.4 is 10.1 Å². The van der Waals surface area contributed by atoms with Gasteiger partial charge in [0.1, 0.15) is 5.75 Å². The minimum Gasteiger partial charge on any atom is -0.494 e. The van der Waals surface area contributed by atoms with Crippen molar-refractivity contribution in [1.29, 1.82) is 0 Å². The van der Waals surface area contributed by atoms with Crippen LogP contribution in [0.4, 0.5) is 0 Å². The summed E-state index contributed by atoms with van der Waals surface area (Å²) < 4.78 is 7.87. The summed E-state index contributed by atoms with van der Waals surface area (Å²) in [6.45, 7) is 5.43. The van der Waals surface area contributed by atoms with Gasteiger partial charge in [0.25, 0.3) is 5.91 Å². The van der Waals surface area contributed by atoms with E-state index in [2.05, 4.69) is 65.3 Å². The molecule has 178 valence electrons. The second-order valence-corrected chi connectivity index (χ2v) is 9.36. The highest BCUT2D eigenvalue weighted by molar-refractivity contribution is 5.94. The molecule has 1 aromatic heterocycles. The second-order valence-electron chi connectivity index (χ2n) is 9.36. The van der Waals surface area contributed by atoms with Crippen LogP contribution in [0, 0.1) is 5.92 Å². The third kappa shape index (κ3) is 5.02. The van der Waals surface area contributed by atoms with E-state index in [1.165, 1.54) is 28.9 Å². The highest BCUT2D eigenvalue weighted by Gasteiger charge is 2.23. The summed E-state index contributed by atoms with van der Waals surface area (Å²) in [7, 11) is 0. The normalized spacial score (nSPS) is 14.9. The Morgan fingerprint density at radius 3 is 2.46 bits per heavy atom. The largest absolute Gasteiger partial charge is 0.494 e. The predicted octanol–water partition coefficient (Wildman–Crippen LogP) is 6.60. The summed E-state index contributed by atoms with van der Waals surface area (Å²) in [5, 5.41) is 3.03. The lowest BCUT2D eigenvalue weighted by Crippen LogP contribution is -2.22. The van der Waals surface area contributed by atoms with Crippen molar-refractivity contribution in [2.24, 2.45) is 5.92 Å². The first-order chi connectivity index (χ1) is 17.1. The van der Waals surface area contributed by atoms with E-state index in [0.29, 0.717) is 24.6 Å². The molecule has 1 aliphatic rings. The highest BCUT2D eigenvalue weighted by atomic mass is 16.5. The molecule has 35 heavy (non-hydrogen) atoms. The van der Waals surface area contributed by atoms with E-state index in [0.717, 1.165) is 29.8 Å². The van der Waals surface area contributed by atoms with E-state index in [1.807, 2.05) is 43.3 Å². The van der Waals surface area contributed by atoms with E-state index in [4.69, 9.17) is 4.74 Å². The molecular formula is C31H32N2O2. The molecule has 1 atom stereocenters. The van der Waals surface area contributed by atoms with Gasteiger partial charge in [-0.05, 0) is 91.3 Å². The van der Waals surface area contributed by atoms with Crippen LogP contribution in [-0.2, 0) is 19.4 Å². The number of benzene rings is 3. The molecule has 0 bridgehead atoms. The molecule has 0 spiro atoms. The topological polar surface area (TPSA) is 43.3 Å². The molecule has 1 heterocycles. The zero-order valence-corrected chi connectivity index (χ0v) is 20.5. The van der Waals surface area contributed by atoms with Crippen LogP contribution >= 0.6 is 0 Å². The fourth-order valence-corrected chi connectivity index (χ4v) is 4.94. The van der Waals surface area contributed by atoms with Crippen LogP contribution in [0.25, 0.3) is 16.9 Å². The van der Waals surface area contributed by atoms with Gasteiger partial charge >= 0.3 is 0 Å². The predicted molar refractivity (Wildman–Crippen MR) is 141 cm³/mol. The Balaban J connectivity index is 1.36. The fourth-order valence-electron chi connectivity index (χ4n) is 4.94. The lowest BCUT2D eigenvalue weighted by Gasteiger charge is -2.21. The molecule has 0 unspecified atom stereocenters. The molecule has 0 fully saturated rings. The summed E-state index contributed by atoms with van der Waals surface area (Å²) in [5.74, 6) is 1.48. The van der Waals surface area contributed by atoms with E-state index in [9.17, 15) is 4.79 Å². The Hall–Kier alpha value is -3.79. The summed E-state index contributed by atoms with van der Waals surface area (Å²) in [4.78, 5) is 12.8. The third-order valence-corrected chi connectivity index (χ3v) is 6.78. The molecular weight excluding hydrogens is 432 g/mol. The zero-order chi connectivity index (χ0) is 24.2. The van der Waals surface area contributed by atoms with Crippen molar-refractivity contribution in [2.45, 2.75) is 39.7 Å². The molecule has 4 aromatic rings. The van der Waals surface area contributed by atoms with Gasteiger partial charge in [-0.15, -0.1) is 0 Å². The summed E-state index contributed by atoms with van der Waals surface area (Å²) in [6.07, 6.45) is 3.40. The average Bonchev–Trinajstić information content (AvgIpc) is 3.27. The Kier molecular flexibility index (Phi) is 6.71. The number of carbonyl (C=O) groups is 1. The van der Waals surface area contributed by atoms with Crippen molar-refractivity contribution in [3.63, 3.8) is 0 Å². The first-order valence-electron chi connectivity index (χ1n) is 12.5. The van der Waals surface area contributed by atoms with Crippen molar-refractivity contribution < 1.29 is 9.53 Å². The van der Waals surface area contributed by atoms with Gasteiger partial charge in [0.15, 0.2) is 0 Å². The number of rotatable bonds is 7. The molecule has 0 aliphatic heterocycles. The molecule has 1 amide bonds. The second kappa shape index (κ2) is 10.2. The van der Waals surface area contributed by atoms with Crippen LogP contribution in [0.15, 0.2) is 84.9 Å². The van der Waals surface area contributed by atoms with E-state index in [-0.39, 0.29) is 5.91 Å². The Labute approximate surface area is 207 Å². The summed E-state index contributed by atoms with van der Waals surface area (Å²) >= 11 is 0. The number of hydrogen-bond donors (Lipinski definition) is 1. The number of hydrogen-bond acceptors (Lipinski definition) is 2. The Morgan fingerprint density at radius 2 is 1.74 bits per heavy atom. The maximum absolute atomic E-state index is 12.8. The smallest absolute Gasteiger partial charge is 0.251 e. The maximum Gasteiger partial charge on any atom is 0.251 e. The maximum atomic E-state index is 12.8. The zero-order valence-electron chi connectivity index (χ0n) is 20.5. The summed E-state index contributed by atoms with van der Waals surface area (Å²) in [6, 6.07) is 28.7. The third-order valence-electron chi connectivity index (χ3n) is 6.78.